The van der Waals surface area contributed by atoms with Crippen LogP contribution in [-0.4, -0.2) is 38.7 Å². The van der Waals surface area contributed by atoms with E-state index in [1.807, 2.05) is 46.3 Å². The van der Waals surface area contributed by atoms with E-state index in [4.69, 9.17) is 9.72 Å². The number of aromatic nitrogens is 4. The SMILES string of the molecule is COC(=O)c1ccc(-c2nc(CSc3nncn3-c3cccc(NC(C)=O)c3)cs2)cc1. The van der Waals surface area contributed by atoms with Crippen molar-refractivity contribution in [1.82, 2.24) is 19.7 Å². The number of thioether (sulfide) groups is 1. The van der Waals surface area contributed by atoms with Gasteiger partial charge in [-0.15, -0.1) is 21.5 Å². The van der Waals surface area contributed by atoms with Crippen molar-refractivity contribution in [3.63, 3.8) is 0 Å². The summed E-state index contributed by atoms with van der Waals surface area (Å²) in [7, 11) is 1.36. The minimum Gasteiger partial charge on any atom is -0.465 e. The van der Waals surface area contributed by atoms with Crippen molar-refractivity contribution in [3.05, 3.63) is 71.5 Å². The molecule has 8 nitrogen and oxygen atoms in total. The molecule has 32 heavy (non-hydrogen) atoms. The molecule has 1 amide bonds. The van der Waals surface area contributed by atoms with Gasteiger partial charge in [-0.3, -0.25) is 9.36 Å². The first-order valence-electron chi connectivity index (χ1n) is 9.57. The molecular formula is C22H19N5O3S2. The van der Waals surface area contributed by atoms with Crippen LogP contribution in [0.15, 0.2) is 65.4 Å². The molecule has 1 N–H and O–H groups in total. The molecule has 162 valence electrons. The number of rotatable bonds is 7. The monoisotopic (exact) mass is 465 g/mol. The number of benzene rings is 2. The second-order valence-electron chi connectivity index (χ2n) is 6.72. The fourth-order valence-electron chi connectivity index (χ4n) is 2.95. The van der Waals surface area contributed by atoms with Crippen LogP contribution in [0.1, 0.15) is 23.0 Å². The summed E-state index contributed by atoms with van der Waals surface area (Å²) >= 11 is 3.07. The topological polar surface area (TPSA) is 99.0 Å². The predicted molar refractivity (Wildman–Crippen MR) is 124 cm³/mol. The van der Waals surface area contributed by atoms with Crippen LogP contribution < -0.4 is 5.32 Å². The summed E-state index contributed by atoms with van der Waals surface area (Å²) in [6.07, 6.45) is 1.64. The van der Waals surface area contributed by atoms with Gasteiger partial charge in [-0.25, -0.2) is 9.78 Å². The van der Waals surface area contributed by atoms with Crippen molar-refractivity contribution < 1.29 is 14.3 Å². The number of esters is 1. The van der Waals surface area contributed by atoms with Gasteiger partial charge in [0.25, 0.3) is 0 Å². The van der Waals surface area contributed by atoms with Crippen LogP contribution in [0.5, 0.6) is 0 Å². The van der Waals surface area contributed by atoms with Crippen molar-refractivity contribution >= 4 is 40.7 Å². The van der Waals surface area contributed by atoms with Crippen LogP contribution in [0, 0.1) is 0 Å². The Hall–Kier alpha value is -3.50. The van der Waals surface area contributed by atoms with E-state index in [0.29, 0.717) is 17.0 Å². The number of amides is 1. The van der Waals surface area contributed by atoms with E-state index in [2.05, 4.69) is 15.5 Å². The first kappa shape index (κ1) is 21.7. The first-order valence-corrected chi connectivity index (χ1v) is 11.4. The third-order valence-electron chi connectivity index (χ3n) is 4.42. The molecule has 0 aliphatic carbocycles. The highest BCUT2D eigenvalue weighted by Gasteiger charge is 2.12. The lowest BCUT2D eigenvalue weighted by molar-refractivity contribution is -0.114. The number of thiazole rings is 1. The summed E-state index contributed by atoms with van der Waals surface area (Å²) < 4.78 is 6.60. The van der Waals surface area contributed by atoms with E-state index in [1.165, 1.54) is 25.8 Å². The molecule has 2 aromatic heterocycles. The van der Waals surface area contributed by atoms with E-state index >= 15 is 0 Å². The Balaban J connectivity index is 1.45. The molecule has 0 spiro atoms. The highest BCUT2D eigenvalue weighted by Crippen LogP contribution is 2.29. The number of carbonyl (C=O) groups excluding carboxylic acids is 2. The number of ether oxygens (including phenoxy) is 1. The third kappa shape index (κ3) is 5.04. The molecule has 10 heteroatoms. The highest BCUT2D eigenvalue weighted by atomic mass is 32.2. The Morgan fingerprint density at radius 2 is 2.00 bits per heavy atom. The summed E-state index contributed by atoms with van der Waals surface area (Å²) in [6.45, 7) is 1.47. The summed E-state index contributed by atoms with van der Waals surface area (Å²) in [5, 5.41) is 14.6. The first-order chi connectivity index (χ1) is 15.5. The molecule has 4 rings (SSSR count). The molecule has 0 fully saturated rings. The minimum atomic E-state index is -0.362. The van der Waals surface area contributed by atoms with Crippen LogP contribution in [0.25, 0.3) is 16.3 Å². The second-order valence-corrected chi connectivity index (χ2v) is 8.52. The van der Waals surface area contributed by atoms with E-state index in [9.17, 15) is 9.59 Å². The number of anilines is 1. The molecule has 0 unspecified atom stereocenters. The van der Waals surface area contributed by atoms with Gasteiger partial charge in [0, 0.05) is 29.3 Å². The van der Waals surface area contributed by atoms with Crippen LogP contribution in [-0.2, 0) is 15.3 Å². The van der Waals surface area contributed by atoms with Crippen LogP contribution in [0.2, 0.25) is 0 Å². The van der Waals surface area contributed by atoms with Crippen LogP contribution in [0.3, 0.4) is 0 Å². The smallest absolute Gasteiger partial charge is 0.337 e. The average Bonchev–Trinajstić information content (AvgIpc) is 3.46. The zero-order valence-corrected chi connectivity index (χ0v) is 18.9. The van der Waals surface area contributed by atoms with Crippen LogP contribution in [0.4, 0.5) is 5.69 Å². The Morgan fingerprint density at radius 3 is 2.75 bits per heavy atom. The van der Waals surface area contributed by atoms with Gasteiger partial charge >= 0.3 is 5.97 Å². The minimum absolute atomic E-state index is 0.125. The van der Waals surface area contributed by atoms with Gasteiger partial charge in [-0.05, 0) is 30.3 Å². The molecule has 0 radical (unpaired) electrons. The van der Waals surface area contributed by atoms with Crippen molar-refractivity contribution in [3.8, 4) is 16.3 Å². The largest absolute Gasteiger partial charge is 0.465 e. The molecule has 0 aliphatic heterocycles. The average molecular weight is 466 g/mol. The van der Waals surface area contributed by atoms with Gasteiger partial charge in [-0.2, -0.15) is 0 Å². The molecular weight excluding hydrogens is 446 g/mol. The number of carbonyl (C=O) groups is 2. The standard InChI is InChI=1S/C22H19N5O3S2/c1-14(28)24-17-4-3-5-19(10-17)27-13-23-26-22(27)32-12-18-11-31-20(25-18)15-6-8-16(9-7-15)21(29)30-2/h3-11,13H,12H2,1-2H3,(H,24,28). The maximum atomic E-state index is 11.6. The lowest BCUT2D eigenvalue weighted by atomic mass is 10.1. The zero-order valence-electron chi connectivity index (χ0n) is 17.3. The molecule has 0 atom stereocenters. The third-order valence-corrected chi connectivity index (χ3v) is 6.33. The van der Waals surface area contributed by atoms with Crippen LogP contribution >= 0.6 is 23.1 Å². The summed E-state index contributed by atoms with van der Waals surface area (Å²) in [5.74, 6) is 0.139. The maximum Gasteiger partial charge on any atom is 0.337 e. The van der Waals surface area contributed by atoms with Gasteiger partial charge in [0.05, 0.1) is 24.1 Å². The Kier molecular flexibility index (Phi) is 6.62. The maximum absolute atomic E-state index is 11.6. The van der Waals surface area contributed by atoms with E-state index in [0.717, 1.165) is 27.1 Å². The van der Waals surface area contributed by atoms with E-state index in [-0.39, 0.29) is 11.9 Å². The summed E-state index contributed by atoms with van der Waals surface area (Å²) in [4.78, 5) is 27.6. The van der Waals surface area contributed by atoms with Crippen molar-refractivity contribution in [2.24, 2.45) is 0 Å². The Bertz CT molecular complexity index is 1250. The van der Waals surface area contributed by atoms with Gasteiger partial charge in [0.15, 0.2) is 5.16 Å². The number of nitrogens with zero attached hydrogens (tertiary/aromatic N) is 4. The molecule has 0 saturated carbocycles. The lowest BCUT2D eigenvalue weighted by Crippen LogP contribution is -2.06. The zero-order chi connectivity index (χ0) is 22.5. The van der Waals surface area contributed by atoms with Gasteiger partial charge in [0.1, 0.15) is 11.3 Å². The van der Waals surface area contributed by atoms with E-state index in [1.54, 1.807) is 29.8 Å². The summed E-state index contributed by atoms with van der Waals surface area (Å²) in [6, 6.07) is 14.7. The number of hydrogen-bond donors (Lipinski definition) is 1. The van der Waals surface area contributed by atoms with E-state index < -0.39 is 0 Å². The lowest BCUT2D eigenvalue weighted by Gasteiger charge is -2.08. The van der Waals surface area contributed by atoms with Crippen molar-refractivity contribution in [2.75, 3.05) is 12.4 Å². The van der Waals surface area contributed by atoms with Crippen molar-refractivity contribution in [2.45, 2.75) is 17.8 Å². The Morgan fingerprint density at radius 1 is 1.19 bits per heavy atom. The van der Waals surface area contributed by atoms with Gasteiger partial charge < -0.3 is 10.1 Å². The quantitative estimate of drug-likeness (QED) is 0.318. The highest BCUT2D eigenvalue weighted by molar-refractivity contribution is 7.98. The molecule has 0 aliphatic rings. The number of nitrogens with one attached hydrogen (secondary N) is 1. The molecule has 0 saturated heterocycles. The Labute approximate surface area is 192 Å². The number of methoxy groups -OCH3 is 1. The van der Waals surface area contributed by atoms with Gasteiger partial charge in [0.2, 0.25) is 5.91 Å². The molecule has 4 aromatic rings. The predicted octanol–water partition coefficient (Wildman–Crippen LogP) is 4.43. The molecule has 0 bridgehead atoms. The fraction of sp³-hybridized carbons (Fsp3) is 0.136. The molecule has 2 heterocycles. The normalized spacial score (nSPS) is 10.7. The second kappa shape index (κ2) is 9.75. The summed E-state index contributed by atoms with van der Waals surface area (Å²) in [5.41, 5.74) is 3.94. The number of hydrogen-bond acceptors (Lipinski definition) is 8. The molecule has 2 aromatic carbocycles. The van der Waals surface area contributed by atoms with Crippen molar-refractivity contribution in [1.29, 1.82) is 0 Å². The van der Waals surface area contributed by atoms with Gasteiger partial charge in [-0.1, -0.05) is 30.0 Å². The fourth-order valence-corrected chi connectivity index (χ4v) is 4.70.